The van der Waals surface area contributed by atoms with Crippen molar-refractivity contribution < 1.29 is 9.13 Å². The fraction of sp³-hybridized carbons (Fsp3) is 0.182. The van der Waals surface area contributed by atoms with Gasteiger partial charge in [0.2, 0.25) is 0 Å². The molecular weight excluding hydrogens is 227 g/mol. The number of imidazole rings is 1. The normalized spacial score (nSPS) is 10.4. The van der Waals surface area contributed by atoms with E-state index in [0.717, 1.165) is 5.69 Å². The van der Waals surface area contributed by atoms with Gasteiger partial charge >= 0.3 is 0 Å². The zero-order valence-corrected chi connectivity index (χ0v) is 9.77. The van der Waals surface area contributed by atoms with Crippen molar-refractivity contribution in [1.29, 1.82) is 0 Å². The Morgan fingerprint density at radius 1 is 1.44 bits per heavy atom. The van der Waals surface area contributed by atoms with E-state index in [1.165, 1.54) is 6.07 Å². The molecule has 1 aromatic carbocycles. The van der Waals surface area contributed by atoms with Crippen molar-refractivity contribution in [2.24, 2.45) is 0 Å². The molecule has 5 heteroatoms. The third kappa shape index (κ3) is 1.86. The number of ether oxygens (including phenoxy) is 1. The molecule has 0 unspecified atom stereocenters. The summed E-state index contributed by atoms with van der Waals surface area (Å²) in [6.45, 7) is 1.87. The first-order valence-electron chi connectivity index (χ1n) is 4.74. The summed E-state index contributed by atoms with van der Waals surface area (Å²) in [7, 11) is 1.54. The zero-order chi connectivity index (χ0) is 11.7. The maximum absolute atomic E-state index is 13.6. The molecule has 16 heavy (non-hydrogen) atoms. The van der Waals surface area contributed by atoms with Gasteiger partial charge in [-0.2, -0.15) is 0 Å². The molecule has 0 saturated carbocycles. The van der Waals surface area contributed by atoms with Gasteiger partial charge in [-0.15, -0.1) is 0 Å². The van der Waals surface area contributed by atoms with Crippen LogP contribution in [-0.2, 0) is 0 Å². The van der Waals surface area contributed by atoms with Crippen LogP contribution < -0.4 is 4.74 Å². The summed E-state index contributed by atoms with van der Waals surface area (Å²) in [6.07, 6.45) is 1.75. The number of rotatable bonds is 2. The third-order valence-electron chi connectivity index (χ3n) is 2.26. The number of nitrogens with zero attached hydrogens (tertiary/aromatic N) is 1. The monoisotopic (exact) mass is 238 g/mol. The molecule has 0 radical (unpaired) electrons. The number of hydrogen-bond acceptors (Lipinski definition) is 2. The van der Waals surface area contributed by atoms with Crippen LogP contribution in [0.1, 0.15) is 5.69 Å². The van der Waals surface area contributed by atoms with Gasteiger partial charge in [0.1, 0.15) is 11.6 Å². The van der Waals surface area contributed by atoms with Crippen LogP contribution in [0.4, 0.5) is 4.39 Å². The lowest BCUT2D eigenvalue weighted by atomic mass is 10.3. The van der Waals surface area contributed by atoms with Crippen molar-refractivity contribution in [1.82, 2.24) is 9.55 Å². The first-order chi connectivity index (χ1) is 7.61. The molecule has 84 valence electrons. The first kappa shape index (κ1) is 10.9. The van der Waals surface area contributed by atoms with Crippen LogP contribution in [0.3, 0.4) is 0 Å². The zero-order valence-electron chi connectivity index (χ0n) is 8.95. The van der Waals surface area contributed by atoms with Crippen molar-refractivity contribution in [2.75, 3.05) is 7.11 Å². The molecule has 2 aromatic rings. The molecule has 0 aliphatic heterocycles. The Balaban J connectivity index is 2.63. The van der Waals surface area contributed by atoms with Crippen LogP contribution in [-0.4, -0.2) is 16.7 Å². The van der Waals surface area contributed by atoms with Gasteiger partial charge < -0.3 is 9.72 Å². The number of halogens is 1. The van der Waals surface area contributed by atoms with E-state index in [9.17, 15) is 4.39 Å². The average molecular weight is 238 g/mol. The van der Waals surface area contributed by atoms with Crippen molar-refractivity contribution in [3.05, 3.63) is 40.7 Å². The molecule has 0 aliphatic carbocycles. The van der Waals surface area contributed by atoms with Gasteiger partial charge in [0.25, 0.3) is 0 Å². The van der Waals surface area contributed by atoms with Gasteiger partial charge in [-0.1, -0.05) is 0 Å². The molecule has 1 aromatic heterocycles. The predicted octanol–water partition coefficient (Wildman–Crippen LogP) is 2.99. The highest BCUT2D eigenvalue weighted by atomic mass is 32.1. The summed E-state index contributed by atoms with van der Waals surface area (Å²) in [5, 5.41) is 0. The fourth-order valence-electron chi connectivity index (χ4n) is 1.50. The predicted molar refractivity (Wildman–Crippen MR) is 62.2 cm³/mol. The number of nitrogens with one attached hydrogen (secondary N) is 1. The minimum Gasteiger partial charge on any atom is -0.497 e. The minimum absolute atomic E-state index is 0.337. The molecule has 1 N–H and O–H groups in total. The van der Waals surface area contributed by atoms with E-state index in [1.807, 2.05) is 6.92 Å². The van der Waals surface area contributed by atoms with E-state index >= 15 is 0 Å². The molecule has 0 bridgehead atoms. The van der Waals surface area contributed by atoms with E-state index < -0.39 is 0 Å². The highest BCUT2D eigenvalue weighted by molar-refractivity contribution is 7.71. The SMILES string of the molecule is COc1ccc(F)c(-n2cc(C)[nH]c2=S)c1. The number of aromatic amines is 1. The number of hydrogen-bond donors (Lipinski definition) is 1. The molecule has 2 rings (SSSR count). The van der Waals surface area contributed by atoms with Crippen molar-refractivity contribution in [3.63, 3.8) is 0 Å². The van der Waals surface area contributed by atoms with E-state index in [2.05, 4.69) is 4.98 Å². The van der Waals surface area contributed by atoms with Crippen LogP contribution in [0.5, 0.6) is 5.75 Å². The van der Waals surface area contributed by atoms with Crippen LogP contribution in [0, 0.1) is 17.5 Å². The van der Waals surface area contributed by atoms with E-state index in [4.69, 9.17) is 17.0 Å². The van der Waals surface area contributed by atoms with Gasteiger partial charge in [-0.3, -0.25) is 4.57 Å². The Labute approximate surface area is 97.5 Å². The molecule has 3 nitrogen and oxygen atoms in total. The summed E-state index contributed by atoms with van der Waals surface area (Å²) >= 11 is 5.09. The minimum atomic E-state index is -0.337. The van der Waals surface area contributed by atoms with Gasteiger partial charge in [-0.05, 0) is 31.3 Å². The van der Waals surface area contributed by atoms with Gasteiger partial charge in [0.05, 0.1) is 12.8 Å². The van der Waals surface area contributed by atoms with Crippen molar-refractivity contribution >= 4 is 12.2 Å². The smallest absolute Gasteiger partial charge is 0.182 e. The highest BCUT2D eigenvalue weighted by Gasteiger charge is 2.07. The molecule has 0 aliphatic rings. The Hall–Kier alpha value is -1.62. The molecule has 0 saturated heterocycles. The Kier molecular flexibility index (Phi) is 2.78. The van der Waals surface area contributed by atoms with Crippen LogP contribution in [0.25, 0.3) is 5.69 Å². The van der Waals surface area contributed by atoms with Crippen molar-refractivity contribution in [3.8, 4) is 11.4 Å². The second kappa shape index (κ2) is 4.09. The van der Waals surface area contributed by atoms with Gasteiger partial charge in [0, 0.05) is 18.0 Å². The van der Waals surface area contributed by atoms with Crippen LogP contribution in [0.2, 0.25) is 0 Å². The molecule has 0 spiro atoms. The number of methoxy groups -OCH3 is 1. The quantitative estimate of drug-likeness (QED) is 0.815. The highest BCUT2D eigenvalue weighted by Crippen LogP contribution is 2.20. The summed E-state index contributed by atoms with van der Waals surface area (Å²) in [6, 6.07) is 4.54. The number of aryl methyl sites for hydroxylation is 1. The Bertz CT molecular complexity index is 574. The topological polar surface area (TPSA) is 29.9 Å². The largest absolute Gasteiger partial charge is 0.497 e. The number of aromatic nitrogens is 2. The van der Waals surface area contributed by atoms with Gasteiger partial charge in [-0.25, -0.2) is 4.39 Å². The first-order valence-corrected chi connectivity index (χ1v) is 5.15. The second-order valence-corrected chi connectivity index (χ2v) is 3.82. The lowest BCUT2D eigenvalue weighted by molar-refractivity contribution is 0.413. The summed E-state index contributed by atoms with van der Waals surface area (Å²) in [5.41, 5.74) is 1.26. The average Bonchev–Trinajstić information content (AvgIpc) is 2.58. The van der Waals surface area contributed by atoms with E-state index in [-0.39, 0.29) is 5.82 Å². The lowest BCUT2D eigenvalue weighted by Crippen LogP contribution is -1.97. The molecule has 0 atom stereocenters. The lowest BCUT2D eigenvalue weighted by Gasteiger charge is -2.06. The third-order valence-corrected chi connectivity index (χ3v) is 2.56. The number of benzene rings is 1. The van der Waals surface area contributed by atoms with Gasteiger partial charge in [0.15, 0.2) is 4.77 Å². The molecule has 0 amide bonds. The van der Waals surface area contributed by atoms with Crippen molar-refractivity contribution in [2.45, 2.75) is 6.92 Å². The van der Waals surface area contributed by atoms with E-state index in [0.29, 0.717) is 16.2 Å². The standard InChI is InChI=1S/C11H11FN2OS/c1-7-6-14(11(16)13-7)10-5-8(15-2)3-4-9(10)12/h3-6H,1-2H3,(H,13,16). The molecule has 0 fully saturated rings. The van der Waals surface area contributed by atoms with E-state index in [1.54, 1.807) is 30.0 Å². The Morgan fingerprint density at radius 3 is 2.75 bits per heavy atom. The molecular formula is C11H11FN2OS. The van der Waals surface area contributed by atoms with Crippen LogP contribution in [0.15, 0.2) is 24.4 Å². The Morgan fingerprint density at radius 2 is 2.19 bits per heavy atom. The summed E-state index contributed by atoms with van der Waals surface area (Å²) in [5.74, 6) is 0.257. The summed E-state index contributed by atoms with van der Waals surface area (Å²) in [4.78, 5) is 2.94. The summed E-state index contributed by atoms with van der Waals surface area (Å²) < 4.78 is 20.7. The number of H-pyrrole nitrogens is 1. The van der Waals surface area contributed by atoms with Crippen LogP contribution >= 0.6 is 12.2 Å². The fourth-order valence-corrected chi connectivity index (χ4v) is 1.81. The maximum atomic E-state index is 13.6. The molecule has 1 heterocycles. The maximum Gasteiger partial charge on any atom is 0.182 e. The second-order valence-electron chi connectivity index (χ2n) is 3.43.